The number of amides is 1. The Morgan fingerprint density at radius 2 is 2.26 bits per heavy atom. The summed E-state index contributed by atoms with van der Waals surface area (Å²) in [5, 5.41) is 24.1. The summed E-state index contributed by atoms with van der Waals surface area (Å²) in [6.07, 6.45) is 2.28. The lowest BCUT2D eigenvalue weighted by Gasteiger charge is -2.34. The molecule has 0 bridgehead atoms. The highest BCUT2D eigenvalue weighted by Crippen LogP contribution is 2.14. The first kappa shape index (κ1) is 15.1. The third-order valence-electron chi connectivity index (χ3n) is 3.12. The molecule has 0 radical (unpaired) electrons. The van der Waals surface area contributed by atoms with E-state index in [0.29, 0.717) is 0 Å². The van der Waals surface area contributed by atoms with Crippen LogP contribution in [0.15, 0.2) is 12.4 Å². The largest absolute Gasteiger partial charge is 0.388 e. The van der Waals surface area contributed by atoms with E-state index in [9.17, 15) is 20.0 Å². The van der Waals surface area contributed by atoms with Gasteiger partial charge in [-0.15, -0.1) is 0 Å². The Hall–Kier alpha value is -1.96. The van der Waals surface area contributed by atoms with Crippen LogP contribution >= 0.6 is 0 Å². The van der Waals surface area contributed by atoms with Crippen molar-refractivity contribution in [3.05, 3.63) is 22.5 Å². The summed E-state index contributed by atoms with van der Waals surface area (Å²) in [5.74, 6) is -0.285. The molecule has 1 heterocycles. The lowest BCUT2D eigenvalue weighted by Crippen LogP contribution is -2.49. The normalized spacial score (nSPS) is 13.1. The SMILES string of the molecule is C[C@@H](N(C)C(=O)Cn1cc([N+](=O)[O-])cn1)C(C)(C)O. The molecule has 19 heavy (non-hydrogen) atoms. The highest BCUT2D eigenvalue weighted by atomic mass is 16.6. The summed E-state index contributed by atoms with van der Waals surface area (Å²) < 4.78 is 1.20. The number of carbonyl (C=O) groups excluding carboxylic acids is 1. The fourth-order valence-electron chi connectivity index (χ4n) is 1.47. The van der Waals surface area contributed by atoms with Crippen molar-refractivity contribution < 1.29 is 14.8 Å². The van der Waals surface area contributed by atoms with Crippen molar-refractivity contribution in [2.24, 2.45) is 0 Å². The van der Waals surface area contributed by atoms with E-state index in [2.05, 4.69) is 5.10 Å². The number of nitro groups is 1. The molecule has 0 fully saturated rings. The zero-order chi connectivity index (χ0) is 14.8. The number of rotatable bonds is 5. The number of hydrogen-bond acceptors (Lipinski definition) is 5. The van der Waals surface area contributed by atoms with E-state index in [1.54, 1.807) is 27.8 Å². The molecule has 1 amide bonds. The first-order valence-corrected chi connectivity index (χ1v) is 5.78. The minimum Gasteiger partial charge on any atom is -0.388 e. The molecule has 1 aromatic heterocycles. The van der Waals surface area contributed by atoms with E-state index in [4.69, 9.17) is 0 Å². The molecule has 0 saturated heterocycles. The molecule has 0 aliphatic heterocycles. The van der Waals surface area contributed by atoms with Gasteiger partial charge in [0.2, 0.25) is 5.91 Å². The van der Waals surface area contributed by atoms with Gasteiger partial charge in [-0.25, -0.2) is 0 Å². The van der Waals surface area contributed by atoms with Crippen LogP contribution in [0, 0.1) is 10.1 Å². The van der Waals surface area contributed by atoms with Crippen LogP contribution in [0.1, 0.15) is 20.8 Å². The smallest absolute Gasteiger partial charge is 0.307 e. The minimum atomic E-state index is -1.03. The quantitative estimate of drug-likeness (QED) is 0.616. The molecule has 106 valence electrons. The monoisotopic (exact) mass is 270 g/mol. The van der Waals surface area contributed by atoms with Gasteiger partial charge in [0, 0.05) is 7.05 Å². The lowest BCUT2D eigenvalue weighted by molar-refractivity contribution is -0.385. The molecule has 0 unspecified atom stereocenters. The van der Waals surface area contributed by atoms with Crippen molar-refractivity contribution in [1.29, 1.82) is 0 Å². The molecule has 1 rings (SSSR count). The van der Waals surface area contributed by atoms with Crippen molar-refractivity contribution in [1.82, 2.24) is 14.7 Å². The maximum Gasteiger partial charge on any atom is 0.307 e. The van der Waals surface area contributed by atoms with Crippen LogP contribution in [0.25, 0.3) is 0 Å². The van der Waals surface area contributed by atoms with Gasteiger partial charge in [-0.05, 0) is 20.8 Å². The molecule has 8 heteroatoms. The predicted octanol–water partition coefficient (Wildman–Crippen LogP) is 0.409. The molecule has 0 saturated carbocycles. The van der Waals surface area contributed by atoms with Crippen molar-refractivity contribution in [3.63, 3.8) is 0 Å². The molecule has 1 aromatic rings. The zero-order valence-corrected chi connectivity index (χ0v) is 11.4. The fourth-order valence-corrected chi connectivity index (χ4v) is 1.47. The first-order chi connectivity index (χ1) is 8.62. The van der Waals surface area contributed by atoms with Crippen LogP contribution in [0.4, 0.5) is 5.69 Å². The molecular weight excluding hydrogens is 252 g/mol. The number of hydrogen-bond donors (Lipinski definition) is 1. The van der Waals surface area contributed by atoms with Gasteiger partial charge in [-0.3, -0.25) is 19.6 Å². The molecule has 0 spiro atoms. The maximum atomic E-state index is 12.0. The van der Waals surface area contributed by atoms with E-state index < -0.39 is 10.5 Å². The molecule has 0 aromatic carbocycles. The van der Waals surface area contributed by atoms with Crippen LogP contribution in [-0.4, -0.2) is 49.3 Å². The van der Waals surface area contributed by atoms with Gasteiger partial charge in [0.05, 0.1) is 16.6 Å². The summed E-state index contributed by atoms with van der Waals surface area (Å²) in [7, 11) is 1.57. The summed E-state index contributed by atoms with van der Waals surface area (Å²) in [6.45, 7) is 4.84. The van der Waals surface area contributed by atoms with Crippen molar-refractivity contribution >= 4 is 11.6 Å². The Morgan fingerprint density at radius 3 is 2.68 bits per heavy atom. The standard InChI is InChI=1S/C11H18N4O4/c1-8(11(2,3)17)13(4)10(16)7-14-6-9(5-12-14)15(18)19/h5-6,8,17H,7H2,1-4H3/t8-/m1/s1. The van der Waals surface area contributed by atoms with Gasteiger partial charge >= 0.3 is 5.69 Å². The topological polar surface area (TPSA) is 102 Å². The second kappa shape index (κ2) is 5.35. The van der Waals surface area contributed by atoms with Crippen molar-refractivity contribution in [2.75, 3.05) is 7.05 Å². The van der Waals surface area contributed by atoms with Crippen LogP contribution in [0.5, 0.6) is 0 Å². The molecule has 1 N–H and O–H groups in total. The number of likely N-dealkylation sites (N-methyl/N-ethyl adjacent to an activating group) is 1. The summed E-state index contributed by atoms with van der Waals surface area (Å²) in [4.78, 5) is 23.3. The van der Waals surface area contributed by atoms with Gasteiger partial charge in [-0.1, -0.05) is 0 Å². The molecule has 0 aliphatic rings. The average molecular weight is 270 g/mol. The maximum absolute atomic E-state index is 12.0. The van der Waals surface area contributed by atoms with E-state index in [-0.39, 0.29) is 24.2 Å². The van der Waals surface area contributed by atoms with Gasteiger partial charge in [-0.2, -0.15) is 5.10 Å². The fraction of sp³-hybridized carbons (Fsp3) is 0.636. The molecule has 0 aliphatic carbocycles. The highest BCUT2D eigenvalue weighted by Gasteiger charge is 2.29. The second-order valence-electron chi connectivity index (χ2n) is 4.99. The van der Waals surface area contributed by atoms with Gasteiger partial charge in [0.25, 0.3) is 0 Å². The summed E-state index contributed by atoms with van der Waals surface area (Å²) in [5.41, 5.74) is -1.19. The Morgan fingerprint density at radius 1 is 1.68 bits per heavy atom. The number of aliphatic hydroxyl groups is 1. The summed E-state index contributed by atoms with van der Waals surface area (Å²) in [6, 6.07) is -0.384. The van der Waals surface area contributed by atoms with Crippen molar-refractivity contribution in [3.8, 4) is 0 Å². The number of nitrogens with zero attached hydrogens (tertiary/aromatic N) is 4. The van der Waals surface area contributed by atoms with Gasteiger partial charge in [0.1, 0.15) is 18.9 Å². The van der Waals surface area contributed by atoms with E-state index in [0.717, 1.165) is 6.20 Å². The third kappa shape index (κ3) is 3.75. The molecule has 1 atom stereocenters. The van der Waals surface area contributed by atoms with Crippen LogP contribution in [-0.2, 0) is 11.3 Å². The minimum absolute atomic E-state index is 0.106. The van der Waals surface area contributed by atoms with E-state index in [1.807, 2.05) is 0 Å². The number of aromatic nitrogens is 2. The van der Waals surface area contributed by atoms with E-state index >= 15 is 0 Å². The van der Waals surface area contributed by atoms with Gasteiger partial charge in [0.15, 0.2) is 0 Å². The Bertz CT molecular complexity index is 477. The lowest BCUT2D eigenvalue weighted by atomic mass is 9.99. The highest BCUT2D eigenvalue weighted by molar-refractivity contribution is 5.76. The Labute approximate surface area is 110 Å². The molecular formula is C11H18N4O4. The Kier molecular flexibility index (Phi) is 4.25. The summed E-state index contributed by atoms with van der Waals surface area (Å²) >= 11 is 0. The number of carbonyl (C=O) groups is 1. The average Bonchev–Trinajstić information content (AvgIpc) is 2.74. The zero-order valence-electron chi connectivity index (χ0n) is 11.4. The molecule has 8 nitrogen and oxygen atoms in total. The van der Waals surface area contributed by atoms with Crippen LogP contribution in [0.2, 0.25) is 0 Å². The Balaban J connectivity index is 2.71. The van der Waals surface area contributed by atoms with Crippen molar-refractivity contribution in [2.45, 2.75) is 39.0 Å². The van der Waals surface area contributed by atoms with Gasteiger partial charge < -0.3 is 10.0 Å². The predicted molar refractivity (Wildman–Crippen MR) is 67.4 cm³/mol. The van der Waals surface area contributed by atoms with Crippen LogP contribution in [0.3, 0.4) is 0 Å². The third-order valence-corrected chi connectivity index (χ3v) is 3.12. The second-order valence-corrected chi connectivity index (χ2v) is 4.99. The van der Waals surface area contributed by atoms with E-state index in [1.165, 1.54) is 15.8 Å². The van der Waals surface area contributed by atoms with Crippen LogP contribution < -0.4 is 0 Å². The first-order valence-electron chi connectivity index (χ1n) is 5.78.